The third-order valence-corrected chi connectivity index (χ3v) is 4.42. The van der Waals surface area contributed by atoms with Crippen molar-refractivity contribution < 1.29 is 14.6 Å². The fraction of sp³-hybridized carbons (Fsp3) is 0.286. The number of rotatable bonds is 6. The maximum Gasteiger partial charge on any atom is 0.337 e. The standard InChI is InChI=1S/C21H23N3O3/c1-13(2)16-10-9-14(3)11-19(16)27-12-20-23-22-15(4)24(20)18-8-6-5-7-17(18)21(25)26/h5-11,13H,12H2,1-4H3,(H,25,26). The minimum atomic E-state index is -0.994. The average molecular weight is 365 g/mol. The summed E-state index contributed by atoms with van der Waals surface area (Å²) < 4.78 is 7.80. The summed E-state index contributed by atoms with van der Waals surface area (Å²) in [6.07, 6.45) is 0. The molecule has 140 valence electrons. The number of carbonyl (C=O) groups is 1. The molecule has 6 nitrogen and oxygen atoms in total. The molecule has 0 saturated heterocycles. The van der Waals surface area contributed by atoms with Crippen LogP contribution in [0, 0.1) is 13.8 Å². The lowest BCUT2D eigenvalue weighted by atomic mass is 10.0. The van der Waals surface area contributed by atoms with E-state index in [1.807, 2.05) is 13.0 Å². The summed E-state index contributed by atoms with van der Waals surface area (Å²) in [5.74, 6) is 1.30. The van der Waals surface area contributed by atoms with Crippen LogP contribution in [0.3, 0.4) is 0 Å². The number of carboxylic acids is 1. The zero-order chi connectivity index (χ0) is 19.6. The molecule has 2 aromatic carbocycles. The Labute approximate surface area is 158 Å². The summed E-state index contributed by atoms with van der Waals surface area (Å²) in [4.78, 5) is 11.6. The van der Waals surface area contributed by atoms with Crippen molar-refractivity contribution in [3.8, 4) is 11.4 Å². The van der Waals surface area contributed by atoms with Crippen molar-refractivity contribution >= 4 is 5.97 Å². The van der Waals surface area contributed by atoms with Gasteiger partial charge in [-0.1, -0.05) is 38.1 Å². The molecule has 0 atom stereocenters. The second-order valence-corrected chi connectivity index (χ2v) is 6.81. The van der Waals surface area contributed by atoms with Crippen molar-refractivity contribution in [2.45, 2.75) is 40.2 Å². The number of nitrogens with zero attached hydrogens (tertiary/aromatic N) is 3. The first-order valence-corrected chi connectivity index (χ1v) is 8.85. The third kappa shape index (κ3) is 3.84. The predicted molar refractivity (Wildman–Crippen MR) is 103 cm³/mol. The maximum atomic E-state index is 11.6. The van der Waals surface area contributed by atoms with Crippen LogP contribution < -0.4 is 4.74 Å². The van der Waals surface area contributed by atoms with Crippen LogP contribution in [0.2, 0.25) is 0 Å². The molecule has 0 bridgehead atoms. The number of hydrogen-bond donors (Lipinski definition) is 1. The van der Waals surface area contributed by atoms with E-state index >= 15 is 0 Å². The van der Waals surface area contributed by atoms with Crippen LogP contribution in [0.5, 0.6) is 5.75 Å². The Hall–Kier alpha value is -3.15. The molecule has 6 heteroatoms. The number of aromatic carboxylic acids is 1. The van der Waals surface area contributed by atoms with Crippen LogP contribution in [0.4, 0.5) is 0 Å². The Morgan fingerprint density at radius 3 is 2.59 bits per heavy atom. The van der Waals surface area contributed by atoms with Gasteiger partial charge in [0.05, 0.1) is 11.3 Å². The monoisotopic (exact) mass is 365 g/mol. The zero-order valence-corrected chi connectivity index (χ0v) is 15.9. The van der Waals surface area contributed by atoms with E-state index in [4.69, 9.17) is 4.74 Å². The van der Waals surface area contributed by atoms with E-state index in [9.17, 15) is 9.90 Å². The molecule has 3 aromatic rings. The van der Waals surface area contributed by atoms with Gasteiger partial charge in [0.15, 0.2) is 5.82 Å². The van der Waals surface area contributed by atoms with Crippen LogP contribution in [-0.4, -0.2) is 25.8 Å². The van der Waals surface area contributed by atoms with Gasteiger partial charge in [-0.15, -0.1) is 10.2 Å². The van der Waals surface area contributed by atoms with Crippen LogP contribution in [-0.2, 0) is 6.61 Å². The summed E-state index contributed by atoms with van der Waals surface area (Å²) >= 11 is 0. The minimum absolute atomic E-state index is 0.192. The van der Waals surface area contributed by atoms with E-state index < -0.39 is 5.97 Å². The Morgan fingerprint density at radius 2 is 1.89 bits per heavy atom. The van der Waals surface area contributed by atoms with Gasteiger partial charge in [0.2, 0.25) is 0 Å². The number of benzene rings is 2. The van der Waals surface area contributed by atoms with Gasteiger partial charge in [-0.05, 0) is 49.1 Å². The Balaban J connectivity index is 1.96. The molecule has 1 N–H and O–H groups in total. The van der Waals surface area contributed by atoms with Crippen molar-refractivity contribution in [2.24, 2.45) is 0 Å². The minimum Gasteiger partial charge on any atom is -0.485 e. The first-order chi connectivity index (χ1) is 12.9. The quantitative estimate of drug-likeness (QED) is 0.705. The predicted octanol–water partition coefficient (Wildman–Crippen LogP) is 4.28. The highest BCUT2D eigenvalue weighted by Gasteiger charge is 2.18. The summed E-state index contributed by atoms with van der Waals surface area (Å²) in [6, 6.07) is 13.0. The smallest absolute Gasteiger partial charge is 0.337 e. The maximum absolute atomic E-state index is 11.6. The first kappa shape index (κ1) is 18.6. The van der Waals surface area contributed by atoms with E-state index in [2.05, 4.69) is 36.2 Å². The number of aryl methyl sites for hydroxylation is 2. The normalized spacial score (nSPS) is 11.0. The molecule has 0 saturated carbocycles. The van der Waals surface area contributed by atoms with E-state index in [-0.39, 0.29) is 12.2 Å². The molecular formula is C21H23N3O3. The number of carboxylic acid groups (broad SMARTS) is 1. The van der Waals surface area contributed by atoms with Crippen molar-refractivity contribution in [3.05, 3.63) is 70.8 Å². The Kier molecular flexibility index (Phi) is 5.26. The lowest BCUT2D eigenvalue weighted by molar-refractivity contribution is 0.0697. The molecule has 0 spiro atoms. The number of hydrogen-bond acceptors (Lipinski definition) is 4. The van der Waals surface area contributed by atoms with Gasteiger partial charge >= 0.3 is 5.97 Å². The molecule has 0 aliphatic rings. The number of aromatic nitrogens is 3. The van der Waals surface area contributed by atoms with Crippen molar-refractivity contribution in [2.75, 3.05) is 0 Å². The van der Waals surface area contributed by atoms with Gasteiger partial charge < -0.3 is 9.84 Å². The third-order valence-electron chi connectivity index (χ3n) is 4.42. The lowest BCUT2D eigenvalue weighted by Crippen LogP contribution is -2.11. The molecule has 0 aliphatic carbocycles. The van der Waals surface area contributed by atoms with Crippen LogP contribution in [0.15, 0.2) is 42.5 Å². The fourth-order valence-corrected chi connectivity index (χ4v) is 3.05. The van der Waals surface area contributed by atoms with E-state index in [0.29, 0.717) is 23.3 Å². The second-order valence-electron chi connectivity index (χ2n) is 6.81. The zero-order valence-electron chi connectivity index (χ0n) is 15.9. The van der Waals surface area contributed by atoms with Crippen LogP contribution in [0.25, 0.3) is 5.69 Å². The molecule has 1 aromatic heterocycles. The number of para-hydroxylation sites is 1. The largest absolute Gasteiger partial charge is 0.485 e. The number of ether oxygens (including phenoxy) is 1. The highest BCUT2D eigenvalue weighted by Crippen LogP contribution is 2.28. The van der Waals surface area contributed by atoms with E-state index in [1.54, 1.807) is 35.8 Å². The Bertz CT molecular complexity index is 977. The summed E-state index contributed by atoms with van der Waals surface area (Å²) in [5.41, 5.74) is 2.96. The topological polar surface area (TPSA) is 77.2 Å². The highest BCUT2D eigenvalue weighted by molar-refractivity contribution is 5.92. The van der Waals surface area contributed by atoms with E-state index in [0.717, 1.165) is 16.9 Å². The molecule has 27 heavy (non-hydrogen) atoms. The van der Waals surface area contributed by atoms with Crippen molar-refractivity contribution in [3.63, 3.8) is 0 Å². The average Bonchev–Trinajstić information content (AvgIpc) is 3.00. The van der Waals surface area contributed by atoms with Crippen LogP contribution in [0.1, 0.15) is 52.9 Å². The van der Waals surface area contributed by atoms with Gasteiger partial charge in [-0.25, -0.2) is 4.79 Å². The first-order valence-electron chi connectivity index (χ1n) is 8.85. The second kappa shape index (κ2) is 7.61. The Morgan fingerprint density at radius 1 is 1.15 bits per heavy atom. The highest BCUT2D eigenvalue weighted by atomic mass is 16.5. The van der Waals surface area contributed by atoms with Gasteiger partial charge in [0.1, 0.15) is 18.2 Å². The summed E-state index contributed by atoms with van der Waals surface area (Å²) in [7, 11) is 0. The van der Waals surface area contributed by atoms with Crippen LogP contribution >= 0.6 is 0 Å². The summed E-state index contributed by atoms with van der Waals surface area (Å²) in [5, 5.41) is 17.8. The van der Waals surface area contributed by atoms with Gasteiger partial charge in [-0.2, -0.15) is 0 Å². The van der Waals surface area contributed by atoms with Gasteiger partial charge in [-0.3, -0.25) is 4.57 Å². The van der Waals surface area contributed by atoms with Gasteiger partial charge in [0.25, 0.3) is 0 Å². The molecule has 1 heterocycles. The molecule has 0 unspecified atom stereocenters. The molecular weight excluding hydrogens is 342 g/mol. The van der Waals surface area contributed by atoms with E-state index in [1.165, 1.54) is 0 Å². The fourth-order valence-electron chi connectivity index (χ4n) is 3.05. The molecule has 0 aliphatic heterocycles. The molecule has 0 amide bonds. The molecule has 0 radical (unpaired) electrons. The SMILES string of the molecule is Cc1ccc(C(C)C)c(OCc2nnc(C)n2-c2ccccc2C(=O)O)c1. The lowest BCUT2D eigenvalue weighted by Gasteiger charge is -2.16. The molecule has 0 fully saturated rings. The summed E-state index contributed by atoms with van der Waals surface area (Å²) in [6.45, 7) is 8.24. The van der Waals surface area contributed by atoms with Crippen molar-refractivity contribution in [1.82, 2.24) is 14.8 Å². The van der Waals surface area contributed by atoms with Gasteiger partial charge in [0, 0.05) is 0 Å². The van der Waals surface area contributed by atoms with Crippen molar-refractivity contribution in [1.29, 1.82) is 0 Å². The molecule has 3 rings (SSSR count).